The van der Waals surface area contributed by atoms with Crippen LogP contribution in [0.1, 0.15) is 18.7 Å². The highest BCUT2D eigenvalue weighted by atomic mass is 32.1. The van der Waals surface area contributed by atoms with Gasteiger partial charge < -0.3 is 5.32 Å². The molecule has 0 aliphatic carbocycles. The lowest BCUT2D eigenvalue weighted by atomic mass is 10.1. The van der Waals surface area contributed by atoms with Gasteiger partial charge in [0.15, 0.2) is 0 Å². The standard InChI is InChI=1S/C16H24N4O2S/c1-16(2)14(21)20(15(22)17-16)10-9-18-5-7-19(8-6-18)12-13-4-3-11-23-13/h3-4,11H,5-10,12H2,1-2H3,(H,17,22). The molecule has 1 aromatic rings. The minimum atomic E-state index is -0.767. The van der Waals surface area contributed by atoms with E-state index >= 15 is 0 Å². The maximum atomic E-state index is 12.2. The number of thiophene rings is 1. The number of carbonyl (C=O) groups excluding carboxylic acids is 2. The molecule has 0 saturated carbocycles. The minimum absolute atomic E-state index is 0.126. The van der Waals surface area contributed by atoms with Crippen molar-refractivity contribution in [3.63, 3.8) is 0 Å². The van der Waals surface area contributed by atoms with E-state index in [1.54, 1.807) is 25.2 Å². The van der Waals surface area contributed by atoms with Crippen LogP contribution in [0.4, 0.5) is 4.79 Å². The van der Waals surface area contributed by atoms with Crippen LogP contribution in [0.2, 0.25) is 0 Å². The van der Waals surface area contributed by atoms with Crippen molar-refractivity contribution in [2.24, 2.45) is 0 Å². The summed E-state index contributed by atoms with van der Waals surface area (Å²) in [4.78, 5) is 31.6. The molecule has 126 valence electrons. The first-order chi connectivity index (χ1) is 11.0. The Morgan fingerprint density at radius 1 is 1.13 bits per heavy atom. The van der Waals surface area contributed by atoms with Gasteiger partial charge in [0.1, 0.15) is 5.54 Å². The number of piperazine rings is 1. The fourth-order valence-corrected chi connectivity index (χ4v) is 3.80. The third-order valence-electron chi connectivity index (χ3n) is 4.51. The third kappa shape index (κ3) is 3.73. The van der Waals surface area contributed by atoms with E-state index in [1.807, 2.05) is 0 Å². The van der Waals surface area contributed by atoms with Crippen LogP contribution in [0.15, 0.2) is 17.5 Å². The van der Waals surface area contributed by atoms with Crippen molar-refractivity contribution in [3.05, 3.63) is 22.4 Å². The van der Waals surface area contributed by atoms with Crippen LogP contribution in [0, 0.1) is 0 Å². The number of amides is 3. The monoisotopic (exact) mass is 336 g/mol. The molecule has 23 heavy (non-hydrogen) atoms. The largest absolute Gasteiger partial charge is 0.325 e. The topological polar surface area (TPSA) is 55.9 Å². The Labute approximate surface area is 141 Å². The molecule has 3 amide bonds. The van der Waals surface area contributed by atoms with Crippen molar-refractivity contribution in [1.29, 1.82) is 0 Å². The Hall–Kier alpha value is -1.44. The number of imide groups is 1. The van der Waals surface area contributed by atoms with Gasteiger partial charge in [-0.15, -0.1) is 11.3 Å². The molecule has 1 N–H and O–H groups in total. The average molecular weight is 336 g/mol. The summed E-state index contributed by atoms with van der Waals surface area (Å²) < 4.78 is 0. The Morgan fingerprint density at radius 2 is 1.83 bits per heavy atom. The van der Waals surface area contributed by atoms with Gasteiger partial charge in [-0.05, 0) is 25.3 Å². The number of carbonyl (C=O) groups is 2. The van der Waals surface area contributed by atoms with Gasteiger partial charge in [-0.3, -0.25) is 19.5 Å². The number of hydrogen-bond donors (Lipinski definition) is 1. The molecular weight excluding hydrogens is 312 g/mol. The van der Waals surface area contributed by atoms with E-state index in [4.69, 9.17) is 0 Å². The number of hydrogen-bond acceptors (Lipinski definition) is 5. The summed E-state index contributed by atoms with van der Waals surface area (Å²) in [7, 11) is 0. The molecule has 0 radical (unpaired) electrons. The first-order valence-corrected chi connectivity index (χ1v) is 8.95. The van der Waals surface area contributed by atoms with Gasteiger partial charge >= 0.3 is 6.03 Å². The SMILES string of the molecule is CC1(C)NC(=O)N(CCN2CCN(Cc3cccs3)CC2)C1=O. The molecule has 0 unspecified atom stereocenters. The molecule has 6 nitrogen and oxygen atoms in total. The molecule has 1 aromatic heterocycles. The van der Waals surface area contributed by atoms with Gasteiger partial charge in [0.25, 0.3) is 5.91 Å². The summed E-state index contributed by atoms with van der Waals surface area (Å²) in [5.74, 6) is -0.126. The summed E-state index contributed by atoms with van der Waals surface area (Å²) >= 11 is 1.80. The summed E-state index contributed by atoms with van der Waals surface area (Å²) in [6, 6.07) is 4.00. The third-order valence-corrected chi connectivity index (χ3v) is 5.37. The fourth-order valence-electron chi connectivity index (χ4n) is 3.06. The molecule has 3 rings (SSSR count). The lowest BCUT2D eigenvalue weighted by Crippen LogP contribution is -2.48. The van der Waals surface area contributed by atoms with Crippen molar-refractivity contribution < 1.29 is 9.59 Å². The number of urea groups is 1. The van der Waals surface area contributed by atoms with Gasteiger partial charge in [0, 0.05) is 50.7 Å². The van der Waals surface area contributed by atoms with E-state index in [0.29, 0.717) is 6.54 Å². The highest BCUT2D eigenvalue weighted by molar-refractivity contribution is 7.09. The van der Waals surface area contributed by atoms with E-state index in [0.717, 1.165) is 39.3 Å². The molecule has 2 saturated heterocycles. The zero-order chi connectivity index (χ0) is 16.4. The van der Waals surface area contributed by atoms with E-state index in [-0.39, 0.29) is 11.9 Å². The van der Waals surface area contributed by atoms with Gasteiger partial charge in [-0.2, -0.15) is 0 Å². The zero-order valence-corrected chi connectivity index (χ0v) is 14.6. The average Bonchev–Trinajstić information content (AvgIpc) is 3.07. The van der Waals surface area contributed by atoms with E-state index in [2.05, 4.69) is 32.6 Å². The summed E-state index contributed by atoms with van der Waals surface area (Å²) in [5, 5.41) is 4.84. The van der Waals surface area contributed by atoms with Crippen LogP contribution in [0.25, 0.3) is 0 Å². The summed E-state index contributed by atoms with van der Waals surface area (Å²) in [6.07, 6.45) is 0. The molecule has 0 spiro atoms. The number of nitrogens with one attached hydrogen (secondary N) is 1. The summed E-state index contributed by atoms with van der Waals surface area (Å²) in [6.45, 7) is 9.77. The van der Waals surface area contributed by atoms with Crippen molar-refractivity contribution in [1.82, 2.24) is 20.0 Å². The minimum Gasteiger partial charge on any atom is -0.324 e. The van der Waals surface area contributed by atoms with Gasteiger partial charge in [-0.25, -0.2) is 4.79 Å². The second-order valence-corrected chi connectivity index (χ2v) is 7.74. The molecule has 0 bridgehead atoms. The van der Waals surface area contributed by atoms with E-state index in [9.17, 15) is 9.59 Å². The van der Waals surface area contributed by atoms with Crippen LogP contribution in [0.3, 0.4) is 0 Å². The first kappa shape index (κ1) is 16.4. The quantitative estimate of drug-likeness (QED) is 0.821. The van der Waals surface area contributed by atoms with Gasteiger partial charge in [0.2, 0.25) is 0 Å². The molecular formula is C16H24N4O2S. The first-order valence-electron chi connectivity index (χ1n) is 8.07. The Bertz CT molecular complexity index is 565. The Kier molecular flexibility index (Phi) is 4.70. The van der Waals surface area contributed by atoms with Gasteiger partial charge in [0.05, 0.1) is 0 Å². The molecule has 2 fully saturated rings. The maximum Gasteiger partial charge on any atom is 0.325 e. The summed E-state index contributed by atoms with van der Waals surface area (Å²) in [5.41, 5.74) is -0.767. The second-order valence-electron chi connectivity index (χ2n) is 6.71. The van der Waals surface area contributed by atoms with Crippen LogP contribution < -0.4 is 5.32 Å². The predicted octanol–water partition coefficient (Wildman–Crippen LogP) is 1.20. The smallest absolute Gasteiger partial charge is 0.324 e. The van der Waals surface area contributed by atoms with Crippen molar-refractivity contribution in [2.45, 2.75) is 25.9 Å². The lowest BCUT2D eigenvalue weighted by Gasteiger charge is -2.35. The molecule has 3 heterocycles. The van der Waals surface area contributed by atoms with Crippen LogP contribution in [-0.2, 0) is 11.3 Å². The fraction of sp³-hybridized carbons (Fsp3) is 0.625. The molecule has 0 aromatic carbocycles. The highest BCUT2D eigenvalue weighted by Gasteiger charge is 2.43. The maximum absolute atomic E-state index is 12.2. The molecule has 2 aliphatic heterocycles. The van der Waals surface area contributed by atoms with Crippen molar-refractivity contribution in [3.8, 4) is 0 Å². The van der Waals surface area contributed by atoms with Crippen LogP contribution in [-0.4, -0.2) is 71.4 Å². The second kappa shape index (κ2) is 6.59. The lowest BCUT2D eigenvalue weighted by molar-refractivity contribution is -0.130. The van der Waals surface area contributed by atoms with E-state index < -0.39 is 5.54 Å². The molecule has 0 atom stereocenters. The molecule has 2 aliphatic rings. The molecule has 7 heteroatoms. The van der Waals surface area contributed by atoms with Crippen LogP contribution in [0.5, 0.6) is 0 Å². The van der Waals surface area contributed by atoms with Crippen LogP contribution >= 0.6 is 11.3 Å². The van der Waals surface area contributed by atoms with Crippen molar-refractivity contribution >= 4 is 23.3 Å². The zero-order valence-electron chi connectivity index (χ0n) is 13.7. The highest BCUT2D eigenvalue weighted by Crippen LogP contribution is 2.17. The van der Waals surface area contributed by atoms with E-state index in [1.165, 1.54) is 9.78 Å². The number of nitrogens with zero attached hydrogens (tertiary/aromatic N) is 3. The predicted molar refractivity (Wildman–Crippen MR) is 90.4 cm³/mol. The van der Waals surface area contributed by atoms with Crippen molar-refractivity contribution in [2.75, 3.05) is 39.3 Å². The normalized spacial score (nSPS) is 22.6. The Morgan fingerprint density at radius 3 is 2.39 bits per heavy atom. The number of rotatable bonds is 5. The Balaban J connectivity index is 1.43. The van der Waals surface area contributed by atoms with Gasteiger partial charge in [-0.1, -0.05) is 6.07 Å².